The highest BCUT2D eigenvalue weighted by atomic mass is 16.5. The molecule has 1 aromatic carbocycles. The second kappa shape index (κ2) is 4.97. The predicted octanol–water partition coefficient (Wildman–Crippen LogP) is 1.98. The fourth-order valence-corrected chi connectivity index (χ4v) is 0.918. The summed E-state index contributed by atoms with van der Waals surface area (Å²) in [6.45, 7) is 1.50. The highest BCUT2D eigenvalue weighted by Gasteiger charge is 1.97. The minimum atomic E-state index is 0.0139. The molecule has 0 fully saturated rings. The molecule has 0 amide bonds. The Kier molecular flexibility index (Phi) is 3.61. The average molecular weight is 190 g/mol. The summed E-state index contributed by atoms with van der Waals surface area (Å²) < 4.78 is 5.06. The Morgan fingerprint density at radius 3 is 2.43 bits per heavy atom. The summed E-state index contributed by atoms with van der Waals surface area (Å²) in [5, 5.41) is 0. The molecule has 72 valence electrons. The zero-order valence-corrected chi connectivity index (χ0v) is 7.77. The zero-order valence-electron chi connectivity index (χ0n) is 7.77. The van der Waals surface area contributed by atoms with Gasteiger partial charge in [-0.1, -0.05) is 0 Å². The topological polar surface area (TPSA) is 43.4 Å². The van der Waals surface area contributed by atoms with Gasteiger partial charge in [-0.3, -0.25) is 9.59 Å². The van der Waals surface area contributed by atoms with Crippen LogP contribution in [0.25, 0.3) is 0 Å². The molecule has 1 aromatic rings. The van der Waals surface area contributed by atoms with E-state index in [0.29, 0.717) is 17.6 Å². The van der Waals surface area contributed by atoms with Gasteiger partial charge in [0.2, 0.25) is 0 Å². The van der Waals surface area contributed by atoms with Gasteiger partial charge in [0.15, 0.2) is 5.78 Å². The Morgan fingerprint density at radius 2 is 1.93 bits per heavy atom. The summed E-state index contributed by atoms with van der Waals surface area (Å²) in [5.41, 5.74) is 0.636. The number of carbonyl (C=O) groups is 2. The average Bonchev–Trinajstić information content (AvgIpc) is 2.19. The molecule has 0 heterocycles. The first kappa shape index (κ1) is 10.2. The summed E-state index contributed by atoms with van der Waals surface area (Å²) in [7, 11) is 0. The number of carbonyl (C=O) groups excluding carboxylic acids is 2. The minimum Gasteiger partial charge on any atom is -0.465 e. The molecular weight excluding hydrogens is 180 g/mol. The molecule has 3 nitrogen and oxygen atoms in total. The smallest absolute Gasteiger partial charge is 0.159 e. The van der Waals surface area contributed by atoms with E-state index in [4.69, 9.17) is 4.74 Å². The maximum atomic E-state index is 10.9. The van der Waals surface area contributed by atoms with Crippen molar-refractivity contribution < 1.29 is 14.3 Å². The summed E-state index contributed by atoms with van der Waals surface area (Å²) in [6, 6.07) is 6.69. The standard InChI is InChI=1S/C11H10O3/c1-9(13)10-3-5-11(6-4-10)14-8-2-7-12/h2-8H,1H3/b8-2+. The van der Waals surface area contributed by atoms with Gasteiger partial charge in [0.1, 0.15) is 12.0 Å². The molecule has 0 aliphatic carbocycles. The third kappa shape index (κ3) is 2.86. The molecule has 0 radical (unpaired) electrons. The number of benzene rings is 1. The lowest BCUT2D eigenvalue weighted by molar-refractivity contribution is -0.104. The molecule has 0 saturated heterocycles. The van der Waals surface area contributed by atoms with Crippen molar-refractivity contribution in [3.63, 3.8) is 0 Å². The molecule has 0 aromatic heterocycles. The summed E-state index contributed by atoms with van der Waals surface area (Å²) in [5.74, 6) is 0.605. The highest BCUT2D eigenvalue weighted by molar-refractivity contribution is 5.94. The lowest BCUT2D eigenvalue weighted by Gasteiger charge is -1.99. The van der Waals surface area contributed by atoms with Gasteiger partial charge in [0, 0.05) is 11.6 Å². The van der Waals surface area contributed by atoms with E-state index in [1.807, 2.05) is 0 Å². The maximum Gasteiger partial charge on any atom is 0.159 e. The maximum absolute atomic E-state index is 10.9. The van der Waals surface area contributed by atoms with E-state index in [-0.39, 0.29) is 5.78 Å². The molecule has 0 aliphatic heterocycles. The van der Waals surface area contributed by atoms with Gasteiger partial charge in [-0.05, 0) is 31.2 Å². The molecule has 14 heavy (non-hydrogen) atoms. The Labute approximate surface area is 82.0 Å². The quantitative estimate of drug-likeness (QED) is 0.315. The number of rotatable bonds is 4. The van der Waals surface area contributed by atoms with Crippen molar-refractivity contribution in [2.45, 2.75) is 6.92 Å². The first-order chi connectivity index (χ1) is 6.74. The van der Waals surface area contributed by atoms with Crippen molar-refractivity contribution >= 4 is 12.1 Å². The largest absolute Gasteiger partial charge is 0.465 e. The van der Waals surface area contributed by atoms with Crippen LogP contribution in [0.5, 0.6) is 5.75 Å². The van der Waals surface area contributed by atoms with E-state index in [2.05, 4.69) is 0 Å². The van der Waals surface area contributed by atoms with Crippen molar-refractivity contribution in [2.24, 2.45) is 0 Å². The first-order valence-electron chi connectivity index (χ1n) is 4.12. The molecule has 0 atom stereocenters. The van der Waals surface area contributed by atoms with Crippen LogP contribution in [0.2, 0.25) is 0 Å². The van der Waals surface area contributed by atoms with E-state index in [1.54, 1.807) is 24.3 Å². The van der Waals surface area contributed by atoms with Crippen LogP contribution in [0, 0.1) is 0 Å². The fraction of sp³-hybridized carbons (Fsp3) is 0.0909. The number of hydrogen-bond donors (Lipinski definition) is 0. The number of allylic oxidation sites excluding steroid dienone is 1. The second-order valence-electron chi connectivity index (χ2n) is 2.66. The molecule has 0 unspecified atom stereocenters. The molecule has 3 heteroatoms. The predicted molar refractivity (Wildman–Crippen MR) is 52.3 cm³/mol. The molecule has 1 rings (SSSR count). The van der Waals surface area contributed by atoms with Gasteiger partial charge >= 0.3 is 0 Å². The molecule has 0 N–H and O–H groups in total. The van der Waals surface area contributed by atoms with Crippen molar-refractivity contribution in [1.82, 2.24) is 0 Å². The number of hydrogen-bond acceptors (Lipinski definition) is 3. The van der Waals surface area contributed by atoms with Crippen LogP contribution in [-0.2, 0) is 4.79 Å². The highest BCUT2D eigenvalue weighted by Crippen LogP contribution is 2.12. The van der Waals surface area contributed by atoms with Gasteiger partial charge in [-0.15, -0.1) is 0 Å². The summed E-state index contributed by atoms with van der Waals surface area (Å²) in [4.78, 5) is 20.8. The van der Waals surface area contributed by atoms with Gasteiger partial charge in [-0.25, -0.2) is 0 Å². The molecule has 0 aliphatic rings. The van der Waals surface area contributed by atoms with Crippen LogP contribution in [0.15, 0.2) is 36.6 Å². The van der Waals surface area contributed by atoms with Gasteiger partial charge in [0.05, 0.1) is 6.26 Å². The molecule has 0 spiro atoms. The second-order valence-corrected chi connectivity index (χ2v) is 2.66. The van der Waals surface area contributed by atoms with Gasteiger partial charge < -0.3 is 4.74 Å². The minimum absolute atomic E-state index is 0.0139. The Bertz CT molecular complexity index is 349. The van der Waals surface area contributed by atoms with Gasteiger partial charge in [0.25, 0.3) is 0 Å². The van der Waals surface area contributed by atoms with E-state index < -0.39 is 0 Å². The Balaban J connectivity index is 2.68. The first-order valence-corrected chi connectivity index (χ1v) is 4.12. The third-order valence-electron chi connectivity index (χ3n) is 1.62. The van der Waals surface area contributed by atoms with Crippen LogP contribution < -0.4 is 4.74 Å². The van der Waals surface area contributed by atoms with E-state index >= 15 is 0 Å². The third-order valence-corrected chi connectivity index (χ3v) is 1.62. The van der Waals surface area contributed by atoms with Crippen LogP contribution in [0.1, 0.15) is 17.3 Å². The van der Waals surface area contributed by atoms with Crippen LogP contribution in [0.4, 0.5) is 0 Å². The number of ether oxygens (including phenoxy) is 1. The Morgan fingerprint density at radius 1 is 1.29 bits per heavy atom. The van der Waals surface area contributed by atoms with Crippen molar-refractivity contribution in [1.29, 1.82) is 0 Å². The lowest BCUT2D eigenvalue weighted by atomic mass is 10.1. The van der Waals surface area contributed by atoms with Crippen LogP contribution >= 0.6 is 0 Å². The van der Waals surface area contributed by atoms with E-state index in [1.165, 1.54) is 19.3 Å². The van der Waals surface area contributed by atoms with E-state index in [9.17, 15) is 9.59 Å². The molecular formula is C11H10O3. The number of ketones is 1. The van der Waals surface area contributed by atoms with Crippen molar-refractivity contribution in [3.05, 3.63) is 42.2 Å². The molecule has 0 saturated carbocycles. The number of Topliss-reactive ketones (excluding diaryl/α,β-unsaturated/α-hetero) is 1. The monoisotopic (exact) mass is 190 g/mol. The number of aldehydes is 1. The normalized spacial score (nSPS) is 10.1. The summed E-state index contributed by atoms with van der Waals surface area (Å²) in [6.07, 6.45) is 3.17. The van der Waals surface area contributed by atoms with Crippen LogP contribution in [0.3, 0.4) is 0 Å². The SMILES string of the molecule is CC(=O)c1ccc(O/C=C/C=O)cc1. The molecule has 0 bridgehead atoms. The fourth-order valence-electron chi connectivity index (χ4n) is 0.918. The van der Waals surface area contributed by atoms with Crippen molar-refractivity contribution in [2.75, 3.05) is 0 Å². The summed E-state index contributed by atoms with van der Waals surface area (Å²) >= 11 is 0. The van der Waals surface area contributed by atoms with Crippen LogP contribution in [-0.4, -0.2) is 12.1 Å². The zero-order chi connectivity index (χ0) is 10.4. The van der Waals surface area contributed by atoms with Gasteiger partial charge in [-0.2, -0.15) is 0 Å². The lowest BCUT2D eigenvalue weighted by Crippen LogP contribution is -1.91. The van der Waals surface area contributed by atoms with E-state index in [0.717, 1.165) is 0 Å². The Hall–Kier alpha value is -1.90. The van der Waals surface area contributed by atoms with Crippen molar-refractivity contribution in [3.8, 4) is 5.75 Å².